The Hall–Kier alpha value is -3.97. The lowest BCUT2D eigenvalue weighted by molar-refractivity contribution is -0.131. The second kappa shape index (κ2) is 10.3. The van der Waals surface area contributed by atoms with Crippen LogP contribution in [0, 0.1) is 6.92 Å². The molecule has 0 radical (unpaired) electrons. The summed E-state index contributed by atoms with van der Waals surface area (Å²) in [6, 6.07) is 24.2. The quantitative estimate of drug-likeness (QED) is 0.259. The van der Waals surface area contributed by atoms with Gasteiger partial charge in [0.2, 0.25) is 5.91 Å². The van der Waals surface area contributed by atoms with Crippen molar-refractivity contribution in [3.63, 3.8) is 0 Å². The summed E-state index contributed by atoms with van der Waals surface area (Å²) in [5.41, 5.74) is 6.11. The van der Waals surface area contributed by atoms with Crippen molar-refractivity contribution < 1.29 is 9.53 Å². The summed E-state index contributed by atoms with van der Waals surface area (Å²) < 4.78 is 7.89. The number of nitrogens with zero attached hydrogens (tertiary/aromatic N) is 4. The molecule has 0 aliphatic heterocycles. The summed E-state index contributed by atoms with van der Waals surface area (Å²) in [6.45, 7) is 4.48. The van der Waals surface area contributed by atoms with Gasteiger partial charge in [0.05, 0.1) is 29.2 Å². The van der Waals surface area contributed by atoms with Crippen LogP contribution in [0.25, 0.3) is 16.7 Å². The molecule has 182 valence electrons. The summed E-state index contributed by atoms with van der Waals surface area (Å²) in [7, 11) is 1.85. The average molecular weight is 497 g/mol. The number of carbonyl (C=O) groups is 1. The number of benzene rings is 3. The maximum absolute atomic E-state index is 13.0. The minimum Gasteiger partial charge on any atom is -0.486 e. The van der Waals surface area contributed by atoms with Crippen LogP contribution in [0.2, 0.25) is 0 Å². The Morgan fingerprint density at radius 2 is 1.81 bits per heavy atom. The molecule has 3 aromatic carbocycles. The molecule has 0 unspecified atom stereocenters. The van der Waals surface area contributed by atoms with Gasteiger partial charge in [0.15, 0.2) is 0 Å². The SMILES string of the molecule is Cc1ccc(OCc2nc(CC(=O)N(C)[C@H](C)c3ccc(-n4cnc5ccccc54)cc3)cs2)cc1. The Morgan fingerprint density at radius 3 is 2.58 bits per heavy atom. The minimum absolute atomic E-state index is 0.0310. The van der Waals surface area contributed by atoms with Crippen molar-refractivity contribution in [2.75, 3.05) is 7.05 Å². The maximum Gasteiger partial charge on any atom is 0.228 e. The van der Waals surface area contributed by atoms with E-state index in [0.717, 1.165) is 38.7 Å². The van der Waals surface area contributed by atoms with E-state index in [-0.39, 0.29) is 18.4 Å². The van der Waals surface area contributed by atoms with Gasteiger partial charge in [-0.05, 0) is 55.8 Å². The molecule has 2 aromatic heterocycles. The van der Waals surface area contributed by atoms with E-state index in [2.05, 4.69) is 44.9 Å². The molecule has 0 spiro atoms. The van der Waals surface area contributed by atoms with Crippen LogP contribution in [-0.2, 0) is 17.8 Å². The van der Waals surface area contributed by atoms with E-state index in [0.29, 0.717) is 6.61 Å². The van der Waals surface area contributed by atoms with Crippen LogP contribution in [0.5, 0.6) is 5.75 Å². The van der Waals surface area contributed by atoms with Crippen LogP contribution in [-0.4, -0.2) is 32.4 Å². The molecule has 2 heterocycles. The Kier molecular flexibility index (Phi) is 6.82. The Morgan fingerprint density at radius 1 is 1.06 bits per heavy atom. The zero-order valence-corrected chi connectivity index (χ0v) is 21.4. The van der Waals surface area contributed by atoms with Crippen LogP contribution in [0.1, 0.15) is 34.8 Å². The number of rotatable bonds is 8. The second-order valence-corrected chi connectivity index (χ2v) is 9.83. The first-order chi connectivity index (χ1) is 17.5. The molecule has 0 N–H and O–H groups in total. The number of carbonyl (C=O) groups excluding carboxylic acids is 1. The van der Waals surface area contributed by atoms with Crippen molar-refractivity contribution in [2.45, 2.75) is 32.9 Å². The monoisotopic (exact) mass is 496 g/mol. The van der Waals surface area contributed by atoms with E-state index in [4.69, 9.17) is 4.74 Å². The molecule has 7 heteroatoms. The number of hydrogen-bond acceptors (Lipinski definition) is 5. The van der Waals surface area contributed by atoms with Gasteiger partial charge in [0.1, 0.15) is 23.7 Å². The fraction of sp³-hybridized carbons (Fsp3) is 0.207. The molecule has 0 aliphatic carbocycles. The van der Waals surface area contributed by atoms with Gasteiger partial charge in [-0.3, -0.25) is 9.36 Å². The number of para-hydroxylation sites is 2. The maximum atomic E-state index is 13.0. The predicted octanol–water partition coefficient (Wildman–Crippen LogP) is 6.13. The van der Waals surface area contributed by atoms with Gasteiger partial charge >= 0.3 is 0 Å². The Bertz CT molecular complexity index is 1470. The highest BCUT2D eigenvalue weighted by Gasteiger charge is 2.19. The lowest BCUT2D eigenvalue weighted by atomic mass is 10.1. The molecule has 5 aromatic rings. The third kappa shape index (κ3) is 5.16. The largest absolute Gasteiger partial charge is 0.486 e. The van der Waals surface area contributed by atoms with E-state index in [1.807, 2.05) is 75.1 Å². The molecule has 1 amide bonds. The van der Waals surface area contributed by atoms with Gasteiger partial charge in [-0.25, -0.2) is 9.97 Å². The fourth-order valence-corrected chi connectivity index (χ4v) is 4.78. The molecule has 0 fully saturated rings. The standard InChI is InChI=1S/C29H28N4O2S/c1-20-8-14-25(15-9-20)35-17-28-31-23(18-36-28)16-29(34)32(3)21(2)22-10-12-24(13-11-22)33-19-30-26-6-4-5-7-27(26)33/h4-15,18-19,21H,16-17H2,1-3H3/t21-/m1/s1. The molecule has 1 atom stereocenters. The van der Waals surface area contributed by atoms with E-state index in [1.54, 1.807) is 4.90 Å². The first-order valence-electron chi connectivity index (χ1n) is 11.9. The molecule has 0 bridgehead atoms. The average Bonchev–Trinajstić information content (AvgIpc) is 3.54. The van der Waals surface area contributed by atoms with Crippen molar-refractivity contribution in [3.8, 4) is 11.4 Å². The topological polar surface area (TPSA) is 60.2 Å². The lowest BCUT2D eigenvalue weighted by Crippen LogP contribution is -2.31. The van der Waals surface area contributed by atoms with Crippen molar-refractivity contribution in [2.24, 2.45) is 0 Å². The summed E-state index contributed by atoms with van der Waals surface area (Å²) in [4.78, 5) is 23.8. The van der Waals surface area contributed by atoms with Crippen LogP contribution in [0.4, 0.5) is 0 Å². The van der Waals surface area contributed by atoms with Gasteiger partial charge in [-0.15, -0.1) is 11.3 Å². The number of imidazole rings is 1. The van der Waals surface area contributed by atoms with E-state index in [9.17, 15) is 4.79 Å². The van der Waals surface area contributed by atoms with Gasteiger partial charge < -0.3 is 9.64 Å². The number of amides is 1. The normalized spacial score (nSPS) is 12.0. The summed E-state index contributed by atoms with van der Waals surface area (Å²) in [5.74, 6) is 0.845. The molecule has 0 saturated heterocycles. The highest BCUT2D eigenvalue weighted by atomic mass is 32.1. The first kappa shape index (κ1) is 23.8. The van der Waals surface area contributed by atoms with Crippen LogP contribution >= 0.6 is 11.3 Å². The van der Waals surface area contributed by atoms with Gasteiger partial charge in [-0.1, -0.05) is 42.0 Å². The molecular formula is C29H28N4O2S. The summed E-state index contributed by atoms with van der Waals surface area (Å²) >= 11 is 1.52. The molecule has 5 rings (SSSR count). The molecule has 0 aliphatic rings. The molecule has 36 heavy (non-hydrogen) atoms. The number of hydrogen-bond donors (Lipinski definition) is 0. The lowest BCUT2D eigenvalue weighted by Gasteiger charge is -2.25. The van der Waals surface area contributed by atoms with E-state index in [1.165, 1.54) is 16.9 Å². The first-order valence-corrected chi connectivity index (χ1v) is 12.8. The Balaban J connectivity index is 1.19. The van der Waals surface area contributed by atoms with Crippen LogP contribution < -0.4 is 4.74 Å². The minimum atomic E-state index is -0.0611. The number of aryl methyl sites for hydroxylation is 1. The van der Waals surface area contributed by atoms with Crippen LogP contribution in [0.15, 0.2) is 84.5 Å². The van der Waals surface area contributed by atoms with Gasteiger partial charge in [0.25, 0.3) is 0 Å². The molecule has 6 nitrogen and oxygen atoms in total. The van der Waals surface area contributed by atoms with Gasteiger partial charge in [0, 0.05) is 18.1 Å². The van der Waals surface area contributed by atoms with E-state index < -0.39 is 0 Å². The van der Waals surface area contributed by atoms with Crippen molar-refractivity contribution in [3.05, 3.63) is 106 Å². The number of ether oxygens (including phenoxy) is 1. The highest BCUT2D eigenvalue weighted by Crippen LogP contribution is 2.24. The number of fused-ring (bicyclic) bond motifs is 1. The molecular weight excluding hydrogens is 468 g/mol. The van der Waals surface area contributed by atoms with E-state index >= 15 is 0 Å². The zero-order valence-electron chi connectivity index (χ0n) is 20.6. The third-order valence-electron chi connectivity index (χ3n) is 6.40. The predicted molar refractivity (Wildman–Crippen MR) is 144 cm³/mol. The van der Waals surface area contributed by atoms with Crippen molar-refractivity contribution in [1.29, 1.82) is 0 Å². The Labute approximate surface area is 214 Å². The third-order valence-corrected chi connectivity index (χ3v) is 7.27. The smallest absolute Gasteiger partial charge is 0.228 e. The second-order valence-electron chi connectivity index (χ2n) is 8.89. The van der Waals surface area contributed by atoms with Gasteiger partial charge in [-0.2, -0.15) is 0 Å². The summed E-state index contributed by atoms with van der Waals surface area (Å²) in [5, 5.41) is 2.80. The number of thiazole rings is 1. The fourth-order valence-electron chi connectivity index (χ4n) is 4.07. The molecule has 0 saturated carbocycles. The highest BCUT2D eigenvalue weighted by molar-refractivity contribution is 7.09. The summed E-state index contributed by atoms with van der Waals surface area (Å²) in [6.07, 6.45) is 2.10. The number of likely N-dealkylation sites (N-methyl/N-ethyl adjacent to an activating group) is 1. The zero-order chi connectivity index (χ0) is 25.1. The van der Waals surface area contributed by atoms with Crippen molar-refractivity contribution >= 4 is 28.3 Å². The van der Waals surface area contributed by atoms with Crippen molar-refractivity contribution in [1.82, 2.24) is 19.4 Å². The van der Waals surface area contributed by atoms with Crippen LogP contribution in [0.3, 0.4) is 0 Å². The number of aromatic nitrogens is 3.